The SMILES string of the molecule is Clc1ccc(-c2n[c]co2)c(Cl)c1. The van der Waals surface area contributed by atoms with Gasteiger partial charge < -0.3 is 4.42 Å². The first-order valence-electron chi connectivity index (χ1n) is 3.54. The predicted octanol–water partition coefficient (Wildman–Crippen LogP) is 3.45. The van der Waals surface area contributed by atoms with Crippen molar-refractivity contribution in [3.05, 3.63) is 40.7 Å². The summed E-state index contributed by atoms with van der Waals surface area (Å²) in [7, 11) is 0. The lowest BCUT2D eigenvalue weighted by Crippen LogP contribution is -1.78. The Labute approximate surface area is 85.1 Å². The van der Waals surface area contributed by atoms with E-state index in [2.05, 4.69) is 11.2 Å². The maximum Gasteiger partial charge on any atom is 0.228 e. The Bertz CT molecular complexity index is 412. The van der Waals surface area contributed by atoms with Gasteiger partial charge in [-0.2, -0.15) is 0 Å². The summed E-state index contributed by atoms with van der Waals surface area (Å²) < 4.78 is 5.05. The highest BCUT2D eigenvalue weighted by Crippen LogP contribution is 2.28. The molecule has 0 spiro atoms. The molecule has 0 unspecified atom stereocenters. The zero-order chi connectivity index (χ0) is 9.26. The van der Waals surface area contributed by atoms with Gasteiger partial charge in [-0.05, 0) is 18.2 Å². The van der Waals surface area contributed by atoms with E-state index < -0.39 is 0 Å². The highest BCUT2D eigenvalue weighted by atomic mass is 35.5. The van der Waals surface area contributed by atoms with Gasteiger partial charge in [-0.15, -0.1) is 0 Å². The molecule has 0 saturated carbocycles. The van der Waals surface area contributed by atoms with Crippen LogP contribution in [0.5, 0.6) is 0 Å². The first kappa shape index (κ1) is 8.60. The molecular weight excluding hydrogens is 209 g/mol. The molecule has 0 N–H and O–H groups in total. The molecule has 1 heterocycles. The first-order valence-corrected chi connectivity index (χ1v) is 4.30. The first-order chi connectivity index (χ1) is 6.27. The Morgan fingerprint density at radius 3 is 2.77 bits per heavy atom. The molecule has 0 fully saturated rings. The third-order valence-corrected chi connectivity index (χ3v) is 2.10. The van der Waals surface area contributed by atoms with E-state index in [1.54, 1.807) is 18.2 Å². The summed E-state index contributed by atoms with van der Waals surface area (Å²) in [5, 5.41) is 1.10. The Morgan fingerprint density at radius 1 is 1.31 bits per heavy atom. The smallest absolute Gasteiger partial charge is 0.228 e. The number of hydrogen-bond acceptors (Lipinski definition) is 2. The van der Waals surface area contributed by atoms with Crippen LogP contribution in [0.1, 0.15) is 0 Å². The van der Waals surface area contributed by atoms with Crippen LogP contribution >= 0.6 is 23.2 Å². The summed E-state index contributed by atoms with van der Waals surface area (Å²) >= 11 is 11.7. The summed E-state index contributed by atoms with van der Waals surface area (Å²) in [6.45, 7) is 0. The number of halogens is 2. The largest absolute Gasteiger partial charge is 0.444 e. The molecule has 65 valence electrons. The molecule has 0 aliphatic rings. The van der Waals surface area contributed by atoms with Crippen LogP contribution < -0.4 is 0 Å². The van der Waals surface area contributed by atoms with E-state index in [4.69, 9.17) is 27.6 Å². The van der Waals surface area contributed by atoms with Crippen molar-refractivity contribution in [1.82, 2.24) is 4.98 Å². The highest BCUT2D eigenvalue weighted by molar-refractivity contribution is 6.36. The van der Waals surface area contributed by atoms with Crippen LogP contribution in [0.4, 0.5) is 0 Å². The van der Waals surface area contributed by atoms with E-state index in [1.165, 1.54) is 6.26 Å². The third-order valence-electron chi connectivity index (χ3n) is 1.55. The van der Waals surface area contributed by atoms with Crippen LogP contribution in [0.2, 0.25) is 10.0 Å². The number of aromatic nitrogens is 1. The fourth-order valence-electron chi connectivity index (χ4n) is 0.980. The molecule has 1 aromatic carbocycles. The lowest BCUT2D eigenvalue weighted by molar-refractivity contribution is 0.574. The molecule has 4 heteroatoms. The molecule has 1 aromatic heterocycles. The topological polar surface area (TPSA) is 26.0 Å². The van der Waals surface area contributed by atoms with Crippen LogP contribution in [0, 0.1) is 6.20 Å². The number of hydrogen-bond donors (Lipinski definition) is 0. The molecule has 2 aromatic rings. The van der Waals surface area contributed by atoms with Crippen molar-refractivity contribution in [3.63, 3.8) is 0 Å². The lowest BCUT2D eigenvalue weighted by Gasteiger charge is -1.98. The second kappa shape index (κ2) is 3.40. The number of oxazole rings is 1. The second-order valence-electron chi connectivity index (χ2n) is 2.41. The van der Waals surface area contributed by atoms with Gasteiger partial charge in [-0.1, -0.05) is 23.2 Å². The molecule has 0 atom stereocenters. The normalized spacial score (nSPS) is 10.3. The third kappa shape index (κ3) is 1.69. The maximum atomic E-state index is 5.92. The average Bonchev–Trinajstić information content (AvgIpc) is 2.56. The molecule has 1 radical (unpaired) electrons. The predicted molar refractivity (Wildman–Crippen MR) is 50.8 cm³/mol. The quantitative estimate of drug-likeness (QED) is 0.724. The van der Waals surface area contributed by atoms with E-state index in [0.29, 0.717) is 21.5 Å². The van der Waals surface area contributed by atoms with E-state index in [0.717, 1.165) is 0 Å². The number of rotatable bonds is 1. The van der Waals surface area contributed by atoms with Crippen molar-refractivity contribution in [1.29, 1.82) is 0 Å². The Kier molecular flexibility index (Phi) is 2.25. The molecular formula is C9H4Cl2NO. The van der Waals surface area contributed by atoms with Gasteiger partial charge in [0.25, 0.3) is 0 Å². The monoisotopic (exact) mass is 212 g/mol. The van der Waals surface area contributed by atoms with Crippen molar-refractivity contribution >= 4 is 23.2 Å². The van der Waals surface area contributed by atoms with Crippen LogP contribution in [-0.2, 0) is 0 Å². The molecule has 0 aliphatic heterocycles. The molecule has 0 aliphatic carbocycles. The molecule has 2 rings (SSSR count). The Hall–Kier alpha value is -0.990. The van der Waals surface area contributed by atoms with Gasteiger partial charge in [0, 0.05) is 5.02 Å². The van der Waals surface area contributed by atoms with Gasteiger partial charge >= 0.3 is 0 Å². The van der Waals surface area contributed by atoms with E-state index in [1.807, 2.05) is 0 Å². The molecule has 0 saturated heterocycles. The fourth-order valence-corrected chi connectivity index (χ4v) is 1.47. The molecule has 2 nitrogen and oxygen atoms in total. The summed E-state index contributed by atoms with van der Waals surface area (Å²) in [6, 6.07) is 5.12. The van der Waals surface area contributed by atoms with Crippen LogP contribution in [0.25, 0.3) is 11.5 Å². The highest BCUT2D eigenvalue weighted by Gasteiger charge is 2.07. The van der Waals surface area contributed by atoms with E-state index in [-0.39, 0.29) is 0 Å². The zero-order valence-electron chi connectivity index (χ0n) is 6.42. The Morgan fingerprint density at radius 2 is 2.15 bits per heavy atom. The maximum absolute atomic E-state index is 5.92. The second-order valence-corrected chi connectivity index (χ2v) is 3.25. The van der Waals surface area contributed by atoms with Gasteiger partial charge in [0.05, 0.1) is 10.6 Å². The Balaban J connectivity index is 2.53. The molecule has 0 amide bonds. The average molecular weight is 213 g/mol. The zero-order valence-corrected chi connectivity index (χ0v) is 7.93. The van der Waals surface area contributed by atoms with Crippen LogP contribution in [0.15, 0.2) is 28.9 Å². The van der Waals surface area contributed by atoms with Gasteiger partial charge in [-0.3, -0.25) is 0 Å². The lowest BCUT2D eigenvalue weighted by atomic mass is 10.2. The van der Waals surface area contributed by atoms with Crippen molar-refractivity contribution < 1.29 is 4.42 Å². The van der Waals surface area contributed by atoms with Gasteiger partial charge in [0.15, 0.2) is 0 Å². The van der Waals surface area contributed by atoms with Crippen molar-refractivity contribution in [3.8, 4) is 11.5 Å². The number of benzene rings is 1. The minimum Gasteiger partial charge on any atom is -0.444 e. The minimum atomic E-state index is 0.446. The number of nitrogens with zero attached hydrogens (tertiary/aromatic N) is 1. The van der Waals surface area contributed by atoms with Crippen LogP contribution in [-0.4, -0.2) is 4.98 Å². The summed E-state index contributed by atoms with van der Waals surface area (Å²) in [6.07, 6.45) is 3.94. The summed E-state index contributed by atoms with van der Waals surface area (Å²) in [4.78, 5) is 3.86. The minimum absolute atomic E-state index is 0.446. The van der Waals surface area contributed by atoms with Crippen molar-refractivity contribution in [2.24, 2.45) is 0 Å². The molecule has 0 bridgehead atoms. The van der Waals surface area contributed by atoms with Crippen molar-refractivity contribution in [2.45, 2.75) is 0 Å². The van der Waals surface area contributed by atoms with Gasteiger partial charge in [0.1, 0.15) is 12.5 Å². The van der Waals surface area contributed by atoms with Gasteiger partial charge in [-0.25, -0.2) is 4.98 Å². The van der Waals surface area contributed by atoms with Crippen LogP contribution in [0.3, 0.4) is 0 Å². The fraction of sp³-hybridized carbons (Fsp3) is 0. The van der Waals surface area contributed by atoms with E-state index >= 15 is 0 Å². The summed E-state index contributed by atoms with van der Waals surface area (Å²) in [5.41, 5.74) is 0.715. The summed E-state index contributed by atoms with van der Waals surface area (Å²) in [5.74, 6) is 0.446. The van der Waals surface area contributed by atoms with E-state index in [9.17, 15) is 0 Å². The standard InChI is InChI=1S/C9H4Cl2NO/c10-6-1-2-7(8(11)5-6)9-12-3-4-13-9/h1-2,4-5H. The van der Waals surface area contributed by atoms with Gasteiger partial charge in [0.2, 0.25) is 5.89 Å². The van der Waals surface area contributed by atoms with Crippen molar-refractivity contribution in [2.75, 3.05) is 0 Å². The molecule has 13 heavy (non-hydrogen) atoms.